The highest BCUT2D eigenvalue weighted by Gasteiger charge is 2.27. The van der Waals surface area contributed by atoms with Gasteiger partial charge in [0.2, 0.25) is 5.91 Å². The summed E-state index contributed by atoms with van der Waals surface area (Å²) in [6, 6.07) is -0.896. The summed E-state index contributed by atoms with van der Waals surface area (Å²) in [5.41, 5.74) is 0. The Labute approximate surface area is 451 Å². The molecule has 0 radical (unpaired) electrons. The minimum atomic E-state index is -4.70. The summed E-state index contributed by atoms with van der Waals surface area (Å²) in [6.45, 7) is 6.79. The minimum absolute atomic E-state index is 0.0261. The molecular weight excluding hydrogens is 928 g/mol. The maximum atomic E-state index is 13.5. The van der Waals surface area contributed by atoms with E-state index in [2.05, 4.69) is 74.7 Å². The molecule has 0 aromatic rings. The number of amides is 1. The molecule has 0 saturated heterocycles. The van der Waals surface area contributed by atoms with Gasteiger partial charge in [-0.1, -0.05) is 236 Å². The van der Waals surface area contributed by atoms with Gasteiger partial charge in [-0.25, -0.2) is 0 Å². The number of allylic oxidation sites excluding steroid dienone is 9. The summed E-state index contributed by atoms with van der Waals surface area (Å²) in [5.74, 6) is -0.555. The predicted molar refractivity (Wildman–Crippen MR) is 312 cm³/mol. The van der Waals surface area contributed by atoms with Crippen molar-refractivity contribution in [2.24, 2.45) is 0 Å². The van der Waals surface area contributed by atoms with E-state index in [1.807, 2.05) is 33.3 Å². The van der Waals surface area contributed by atoms with Crippen LogP contribution in [0, 0.1) is 0 Å². The lowest BCUT2D eigenvalue weighted by molar-refractivity contribution is -0.870. The molecular formula is C63H117N2O7P. The number of esters is 1. The third-order valence-corrected chi connectivity index (χ3v) is 14.4. The van der Waals surface area contributed by atoms with Gasteiger partial charge in [-0.15, -0.1) is 0 Å². The van der Waals surface area contributed by atoms with Gasteiger partial charge in [0.1, 0.15) is 19.3 Å². The molecule has 0 aromatic heterocycles. The SMILES string of the molecule is CCCCC/C=C\C/C=C\CCCCCCCCCCCC(=O)NC(COP(=O)([O-])OCC[N+](C)(C)C)C(/C=C\CCCCCCCCCCCCC)OC(=O)CCCCCCCC/C=C/C=C/CCCCC. The average Bonchev–Trinajstić information content (AvgIpc) is 3.35. The normalized spacial score (nSPS) is 14.1. The summed E-state index contributed by atoms with van der Waals surface area (Å²) >= 11 is 0. The number of nitrogens with one attached hydrogen (secondary N) is 1. The fraction of sp³-hybridized carbons (Fsp3) is 0.810. The van der Waals surface area contributed by atoms with Crippen molar-refractivity contribution in [1.29, 1.82) is 0 Å². The number of hydrogen-bond acceptors (Lipinski definition) is 7. The largest absolute Gasteiger partial charge is 0.756 e. The minimum Gasteiger partial charge on any atom is -0.756 e. The number of nitrogens with zero attached hydrogens (tertiary/aromatic N) is 1. The molecule has 10 heteroatoms. The van der Waals surface area contributed by atoms with E-state index in [9.17, 15) is 19.0 Å². The smallest absolute Gasteiger partial charge is 0.306 e. The van der Waals surface area contributed by atoms with Crippen LogP contribution in [0.5, 0.6) is 0 Å². The molecule has 0 saturated carbocycles. The van der Waals surface area contributed by atoms with Crippen LogP contribution in [0.3, 0.4) is 0 Å². The summed E-state index contributed by atoms with van der Waals surface area (Å²) in [7, 11) is 1.17. The second-order valence-electron chi connectivity index (χ2n) is 21.9. The van der Waals surface area contributed by atoms with Gasteiger partial charge >= 0.3 is 5.97 Å². The first kappa shape index (κ1) is 70.7. The number of unbranched alkanes of at least 4 members (excludes halogenated alkanes) is 32. The highest BCUT2D eigenvalue weighted by molar-refractivity contribution is 7.45. The predicted octanol–water partition coefficient (Wildman–Crippen LogP) is 18.0. The summed E-state index contributed by atoms with van der Waals surface area (Å²) < 4.78 is 30.3. The van der Waals surface area contributed by atoms with Gasteiger partial charge in [0, 0.05) is 12.8 Å². The number of phosphoric acid groups is 1. The zero-order valence-electron chi connectivity index (χ0n) is 48.6. The van der Waals surface area contributed by atoms with Crippen molar-refractivity contribution >= 4 is 19.7 Å². The first-order valence-corrected chi connectivity index (χ1v) is 32.1. The lowest BCUT2D eigenvalue weighted by atomic mass is 10.0. The van der Waals surface area contributed by atoms with Crippen molar-refractivity contribution in [2.75, 3.05) is 40.9 Å². The number of phosphoric ester groups is 1. The maximum absolute atomic E-state index is 13.5. The Kier molecular flexibility index (Phi) is 51.5. The number of carbonyl (C=O) groups is 2. The second kappa shape index (κ2) is 53.1. The molecule has 0 bridgehead atoms. The first-order valence-electron chi connectivity index (χ1n) is 30.6. The monoisotopic (exact) mass is 1040 g/mol. The number of hydrogen-bond donors (Lipinski definition) is 1. The fourth-order valence-electron chi connectivity index (χ4n) is 8.66. The van der Waals surface area contributed by atoms with Gasteiger partial charge in [0.05, 0.1) is 33.8 Å². The lowest BCUT2D eigenvalue weighted by Crippen LogP contribution is -2.47. The van der Waals surface area contributed by atoms with E-state index >= 15 is 0 Å². The summed E-state index contributed by atoms with van der Waals surface area (Å²) in [5, 5.41) is 3.03. The van der Waals surface area contributed by atoms with Crippen LogP contribution in [0.1, 0.15) is 278 Å². The zero-order chi connectivity index (χ0) is 53.6. The number of quaternary nitrogens is 1. The molecule has 426 valence electrons. The van der Waals surface area contributed by atoms with Crippen LogP contribution >= 0.6 is 7.82 Å². The Morgan fingerprint density at radius 3 is 1.34 bits per heavy atom. The standard InChI is InChI=1S/C63H117N2O7P/c1-7-10-13-16-19-22-25-28-30-31-32-33-35-37-40-43-46-49-52-55-62(66)64-60(59-71-73(68,69)70-58-57-65(4,5)6)61(54-51-48-45-42-39-36-27-24-21-18-15-12-9-3)72-63(67)56-53-50-47-44-41-38-34-29-26-23-20-17-14-11-8-2/h19-20,22-23,26,28-30,51,54,60-61H,7-18,21,24-25,27,31-50,52-53,55-59H2,1-6H3,(H-,64,66,68,69)/b22-19-,23-20+,29-26+,30-28-,54-51-. The van der Waals surface area contributed by atoms with E-state index < -0.39 is 26.6 Å². The topological polar surface area (TPSA) is 114 Å². The van der Waals surface area contributed by atoms with Crippen LogP contribution in [-0.2, 0) is 27.9 Å². The van der Waals surface area contributed by atoms with Crippen LogP contribution in [0.25, 0.3) is 0 Å². The first-order chi connectivity index (χ1) is 35.4. The van der Waals surface area contributed by atoms with Gasteiger partial charge in [0.25, 0.3) is 7.82 Å². The zero-order valence-corrected chi connectivity index (χ0v) is 49.5. The third kappa shape index (κ3) is 54.3. The Bertz CT molecular complexity index is 1440. The molecule has 0 spiro atoms. The van der Waals surface area contributed by atoms with E-state index in [0.29, 0.717) is 17.4 Å². The van der Waals surface area contributed by atoms with Crippen LogP contribution in [0.2, 0.25) is 0 Å². The molecule has 0 heterocycles. The van der Waals surface area contributed by atoms with Crippen molar-refractivity contribution in [2.45, 2.75) is 290 Å². The van der Waals surface area contributed by atoms with Gasteiger partial charge < -0.3 is 28.5 Å². The Morgan fingerprint density at radius 1 is 0.493 bits per heavy atom. The van der Waals surface area contributed by atoms with Crippen LogP contribution in [0.4, 0.5) is 0 Å². The summed E-state index contributed by atoms with van der Waals surface area (Å²) in [4.78, 5) is 40.0. The van der Waals surface area contributed by atoms with E-state index in [4.69, 9.17) is 13.8 Å². The highest BCUT2D eigenvalue weighted by atomic mass is 31.2. The van der Waals surface area contributed by atoms with E-state index in [1.54, 1.807) is 0 Å². The molecule has 3 unspecified atom stereocenters. The van der Waals surface area contributed by atoms with Crippen molar-refractivity contribution in [3.05, 3.63) is 60.8 Å². The Hall–Kier alpha value is -2.29. The molecule has 73 heavy (non-hydrogen) atoms. The molecule has 0 aliphatic rings. The van der Waals surface area contributed by atoms with E-state index in [-0.39, 0.29) is 24.9 Å². The Morgan fingerprint density at radius 2 is 0.877 bits per heavy atom. The molecule has 0 rings (SSSR count). The number of carbonyl (C=O) groups excluding carboxylic acids is 2. The molecule has 3 atom stereocenters. The van der Waals surface area contributed by atoms with Crippen LogP contribution < -0.4 is 10.2 Å². The fourth-order valence-corrected chi connectivity index (χ4v) is 9.38. The van der Waals surface area contributed by atoms with Gasteiger partial charge in [0.15, 0.2) is 0 Å². The Balaban J connectivity index is 5.31. The maximum Gasteiger partial charge on any atom is 0.306 e. The number of ether oxygens (including phenoxy) is 1. The lowest BCUT2D eigenvalue weighted by Gasteiger charge is -2.30. The quantitative estimate of drug-likeness (QED) is 0.0161. The molecule has 0 aliphatic heterocycles. The van der Waals surface area contributed by atoms with Crippen LogP contribution in [0.15, 0.2) is 60.8 Å². The van der Waals surface area contributed by atoms with Crippen molar-refractivity contribution in [3.63, 3.8) is 0 Å². The third-order valence-electron chi connectivity index (χ3n) is 13.4. The molecule has 0 aromatic carbocycles. The highest BCUT2D eigenvalue weighted by Crippen LogP contribution is 2.38. The van der Waals surface area contributed by atoms with E-state index in [0.717, 1.165) is 96.3 Å². The van der Waals surface area contributed by atoms with Gasteiger partial charge in [-0.05, 0) is 89.5 Å². The molecule has 9 nitrogen and oxygen atoms in total. The molecule has 0 aliphatic carbocycles. The van der Waals surface area contributed by atoms with Crippen LogP contribution in [-0.4, -0.2) is 69.4 Å². The molecule has 1 N–H and O–H groups in total. The average molecular weight is 1050 g/mol. The second-order valence-corrected chi connectivity index (χ2v) is 23.3. The van der Waals surface area contributed by atoms with Crippen molar-refractivity contribution in [3.8, 4) is 0 Å². The summed E-state index contributed by atoms with van der Waals surface area (Å²) in [6.07, 6.45) is 66.0. The molecule has 0 fully saturated rings. The van der Waals surface area contributed by atoms with Gasteiger partial charge in [-0.3, -0.25) is 14.2 Å². The van der Waals surface area contributed by atoms with Crippen molar-refractivity contribution in [1.82, 2.24) is 5.32 Å². The van der Waals surface area contributed by atoms with Crippen molar-refractivity contribution < 1.29 is 37.3 Å². The van der Waals surface area contributed by atoms with Gasteiger partial charge in [-0.2, -0.15) is 0 Å². The number of likely N-dealkylation sites (N-methyl/N-ethyl adjacent to an activating group) is 1. The molecule has 1 amide bonds. The number of rotatable bonds is 55. The van der Waals surface area contributed by atoms with E-state index in [1.165, 1.54) is 148 Å².